The topological polar surface area (TPSA) is 55.4 Å². The van der Waals surface area contributed by atoms with Crippen molar-refractivity contribution < 1.29 is 19.4 Å². The van der Waals surface area contributed by atoms with Crippen molar-refractivity contribution in [1.29, 1.82) is 0 Å². The minimum Gasteiger partial charge on any atom is -0.497 e. The van der Waals surface area contributed by atoms with Gasteiger partial charge in [-0.3, -0.25) is 0 Å². The number of hydrogen-bond acceptors (Lipinski definition) is 3. The molecule has 0 aliphatic rings. The Kier molecular flexibility index (Phi) is 3.79. The lowest BCUT2D eigenvalue weighted by Crippen LogP contribution is -2.03. The molecule has 1 aromatic carbocycles. The second kappa shape index (κ2) is 5.11. The van der Waals surface area contributed by atoms with Crippen molar-refractivity contribution in [3.05, 3.63) is 24.3 Å². The van der Waals surface area contributed by atoms with E-state index in [1.54, 1.807) is 31.4 Å². The summed E-state index contributed by atoms with van der Waals surface area (Å²) in [4.78, 5) is 10.1. The summed E-state index contributed by atoms with van der Waals surface area (Å²) in [5.74, 6) is 0.239. The van der Waals surface area contributed by atoms with E-state index in [-0.39, 0.29) is 13.0 Å². The van der Waals surface area contributed by atoms with E-state index in [1.807, 2.05) is 0 Å². The zero-order valence-corrected chi connectivity index (χ0v) is 7.86. The summed E-state index contributed by atoms with van der Waals surface area (Å²) in [5.41, 5.74) is 0. The summed E-state index contributed by atoms with van der Waals surface area (Å²) in [7, 11) is 1.58. The molecule has 75 valence electrons. The van der Waals surface area contributed by atoms with Crippen LogP contribution >= 0.6 is 0 Å². The van der Waals surface area contributed by atoms with Crippen molar-refractivity contribution in [3.8, 4) is 11.5 Å². The highest BCUT2D eigenvalue weighted by molar-refractivity contribution is 5.66. The average Bonchev–Trinajstić information content (AvgIpc) is 2.18. The molecule has 0 aromatic heterocycles. The molecule has 1 rings (SSSR count). The van der Waals surface area contributed by atoms with E-state index >= 15 is 0 Å². The van der Waals surface area contributed by atoms with Gasteiger partial charge in [-0.25, -0.2) is 9.90 Å². The number of carbonyl (C=O) groups excluding carboxylic acids is 1. The summed E-state index contributed by atoms with van der Waals surface area (Å²) in [6.07, 6.45) is -0.105. The zero-order valence-electron chi connectivity index (χ0n) is 7.86. The molecule has 0 saturated carbocycles. The molecule has 0 N–H and O–H groups in total. The molecule has 0 atom stereocenters. The smallest absolute Gasteiger partial charge is 0.358 e. The highest BCUT2D eigenvalue weighted by atomic mass is 16.5. The molecule has 0 unspecified atom stereocenters. The maximum Gasteiger partial charge on any atom is 0.358 e. The van der Waals surface area contributed by atoms with Gasteiger partial charge in [0.2, 0.25) is 0 Å². The molecule has 0 fully saturated rings. The van der Waals surface area contributed by atoms with E-state index < -0.39 is 5.97 Å². The Labute approximate surface area is 82.1 Å². The predicted molar refractivity (Wildman–Crippen MR) is 48.8 cm³/mol. The van der Waals surface area contributed by atoms with Crippen LogP contribution in [0, 0.1) is 0 Å². The van der Waals surface area contributed by atoms with Crippen LogP contribution in [-0.2, 0) is 9.90 Å². The summed E-state index contributed by atoms with van der Waals surface area (Å²) in [6, 6.07) is 6.92. The Morgan fingerprint density at radius 1 is 1.21 bits per heavy atom. The fourth-order valence-corrected chi connectivity index (χ4v) is 0.924. The number of rotatable bonds is 5. The second-order valence-corrected chi connectivity index (χ2v) is 2.65. The fourth-order valence-electron chi connectivity index (χ4n) is 0.924. The van der Waals surface area contributed by atoms with Gasteiger partial charge in [0.25, 0.3) is 0 Å². The van der Waals surface area contributed by atoms with Gasteiger partial charge in [0.15, 0.2) is 0 Å². The van der Waals surface area contributed by atoms with Crippen molar-refractivity contribution in [3.63, 3.8) is 0 Å². The first-order chi connectivity index (χ1) is 6.72. The molecule has 14 heavy (non-hydrogen) atoms. The predicted octanol–water partition coefficient (Wildman–Crippen LogP) is 1.42. The summed E-state index contributed by atoms with van der Waals surface area (Å²) < 4.78 is 10.1. The number of hydrogen-bond donors (Lipinski definition) is 0. The molecule has 1 aromatic rings. The number of ether oxygens (including phenoxy) is 2. The third-order valence-corrected chi connectivity index (χ3v) is 1.63. The number of benzene rings is 1. The Morgan fingerprint density at radius 3 is 2.29 bits per heavy atom. The second-order valence-electron chi connectivity index (χ2n) is 2.65. The summed E-state index contributed by atoms with van der Waals surface area (Å²) >= 11 is 0. The Hall–Kier alpha value is -1.71. The summed E-state index contributed by atoms with van der Waals surface area (Å²) in [6.45, 7) is 0.120. The van der Waals surface area contributed by atoms with Crippen LogP contribution in [0.1, 0.15) is 6.42 Å². The third-order valence-electron chi connectivity index (χ3n) is 1.63. The SMILES string of the molecule is COc1ccc(OCCC([O])=O)cc1. The van der Waals surface area contributed by atoms with E-state index in [9.17, 15) is 9.90 Å². The number of carbonyl (C=O) groups is 1. The van der Waals surface area contributed by atoms with Crippen LogP contribution in [0.4, 0.5) is 0 Å². The van der Waals surface area contributed by atoms with E-state index in [4.69, 9.17) is 9.47 Å². The third kappa shape index (κ3) is 3.35. The van der Waals surface area contributed by atoms with Gasteiger partial charge in [0.1, 0.15) is 11.5 Å². The van der Waals surface area contributed by atoms with E-state index in [1.165, 1.54) is 0 Å². The van der Waals surface area contributed by atoms with Crippen molar-refractivity contribution in [2.45, 2.75) is 6.42 Å². The van der Waals surface area contributed by atoms with Gasteiger partial charge in [0.05, 0.1) is 20.1 Å². The van der Waals surface area contributed by atoms with Crippen molar-refractivity contribution in [2.24, 2.45) is 0 Å². The van der Waals surface area contributed by atoms with E-state index in [0.29, 0.717) is 5.75 Å². The van der Waals surface area contributed by atoms with Crippen molar-refractivity contribution >= 4 is 5.97 Å². The van der Waals surface area contributed by atoms with Crippen LogP contribution in [0.15, 0.2) is 24.3 Å². The average molecular weight is 195 g/mol. The van der Waals surface area contributed by atoms with Crippen molar-refractivity contribution in [2.75, 3.05) is 13.7 Å². The van der Waals surface area contributed by atoms with Gasteiger partial charge in [-0.15, -0.1) is 0 Å². The molecule has 0 bridgehead atoms. The normalized spacial score (nSPS) is 9.50. The highest BCUT2D eigenvalue weighted by Gasteiger charge is 2.00. The van der Waals surface area contributed by atoms with Gasteiger partial charge >= 0.3 is 5.97 Å². The van der Waals surface area contributed by atoms with Crippen LogP contribution in [0.3, 0.4) is 0 Å². The maximum atomic E-state index is 10.1. The zero-order chi connectivity index (χ0) is 10.4. The monoisotopic (exact) mass is 195 g/mol. The van der Waals surface area contributed by atoms with Gasteiger partial charge in [-0.2, -0.15) is 0 Å². The molecular formula is C10H11O4. The molecule has 0 heterocycles. The highest BCUT2D eigenvalue weighted by Crippen LogP contribution is 2.16. The molecular weight excluding hydrogens is 184 g/mol. The molecule has 4 nitrogen and oxygen atoms in total. The van der Waals surface area contributed by atoms with Crippen LogP contribution in [0.25, 0.3) is 0 Å². The van der Waals surface area contributed by atoms with Crippen LogP contribution in [0.5, 0.6) is 11.5 Å². The first kappa shape index (κ1) is 10.4. The molecule has 0 aliphatic carbocycles. The molecule has 4 heteroatoms. The lowest BCUT2D eigenvalue weighted by molar-refractivity contribution is -0.143. The first-order valence-electron chi connectivity index (χ1n) is 4.19. The lowest BCUT2D eigenvalue weighted by atomic mass is 10.3. The lowest BCUT2D eigenvalue weighted by Gasteiger charge is -2.04. The Bertz CT molecular complexity index is 291. The standard InChI is InChI=1S/C10H11O4/c1-13-8-2-4-9(5-3-8)14-7-6-10(11)12/h2-5H,6-7H2,1H3. The first-order valence-corrected chi connectivity index (χ1v) is 4.19. The van der Waals surface area contributed by atoms with E-state index in [0.717, 1.165) is 5.75 Å². The van der Waals surface area contributed by atoms with Crippen LogP contribution in [-0.4, -0.2) is 19.7 Å². The largest absolute Gasteiger partial charge is 0.497 e. The van der Waals surface area contributed by atoms with Crippen molar-refractivity contribution in [1.82, 2.24) is 0 Å². The molecule has 0 spiro atoms. The van der Waals surface area contributed by atoms with Crippen LogP contribution in [0.2, 0.25) is 0 Å². The Balaban J connectivity index is 2.40. The maximum absolute atomic E-state index is 10.1. The number of methoxy groups -OCH3 is 1. The van der Waals surface area contributed by atoms with E-state index in [2.05, 4.69) is 0 Å². The van der Waals surface area contributed by atoms with Crippen LogP contribution < -0.4 is 9.47 Å². The molecule has 0 saturated heterocycles. The molecule has 0 aliphatic heterocycles. The molecule has 1 radical (unpaired) electrons. The quantitative estimate of drug-likeness (QED) is 0.713. The van der Waals surface area contributed by atoms with Gasteiger partial charge in [-0.1, -0.05) is 0 Å². The Morgan fingerprint density at radius 2 is 1.79 bits per heavy atom. The van der Waals surface area contributed by atoms with Gasteiger partial charge < -0.3 is 9.47 Å². The van der Waals surface area contributed by atoms with Gasteiger partial charge in [0, 0.05) is 0 Å². The molecule has 0 amide bonds. The summed E-state index contributed by atoms with van der Waals surface area (Å²) in [5, 5.41) is 10.1. The fraction of sp³-hybridized carbons (Fsp3) is 0.300. The minimum atomic E-state index is -1.11. The minimum absolute atomic E-state index is 0.105. The van der Waals surface area contributed by atoms with Gasteiger partial charge in [-0.05, 0) is 24.3 Å².